The van der Waals surface area contributed by atoms with E-state index < -0.39 is 0 Å². The van der Waals surface area contributed by atoms with Gasteiger partial charge in [-0.15, -0.1) is 0 Å². The van der Waals surface area contributed by atoms with Gasteiger partial charge < -0.3 is 14.8 Å². The fourth-order valence-corrected chi connectivity index (χ4v) is 2.24. The van der Waals surface area contributed by atoms with Gasteiger partial charge in [-0.25, -0.2) is 0 Å². The average molecular weight is 232 g/mol. The van der Waals surface area contributed by atoms with Crippen LogP contribution in [0.2, 0.25) is 0 Å². The Morgan fingerprint density at radius 1 is 1.35 bits per heavy atom. The summed E-state index contributed by atoms with van der Waals surface area (Å²) in [6.45, 7) is 4.22. The van der Waals surface area contributed by atoms with Crippen molar-refractivity contribution in [1.29, 1.82) is 0 Å². The Morgan fingerprint density at radius 2 is 2.18 bits per heavy atom. The molecule has 3 heterocycles. The highest BCUT2D eigenvalue weighted by Crippen LogP contribution is 2.32. The normalized spacial score (nSPS) is 19.4. The number of piperidine rings is 1. The third-order valence-electron chi connectivity index (χ3n) is 3.49. The zero-order valence-electron chi connectivity index (χ0n) is 9.86. The second-order valence-electron chi connectivity index (χ2n) is 4.82. The molecule has 0 spiro atoms. The first kappa shape index (κ1) is 10.5. The monoisotopic (exact) mass is 232 g/mol. The molecule has 2 aromatic heterocycles. The SMILES string of the molecule is CC1(c2nc(-c3ccc[nH]3)no2)CCNCC1. The minimum Gasteiger partial charge on any atom is -0.359 e. The zero-order chi connectivity index (χ0) is 11.7. The fraction of sp³-hybridized carbons (Fsp3) is 0.500. The predicted octanol–water partition coefficient (Wildman–Crippen LogP) is 1.71. The minimum absolute atomic E-state index is 0.0170. The van der Waals surface area contributed by atoms with E-state index >= 15 is 0 Å². The van der Waals surface area contributed by atoms with Gasteiger partial charge in [0.05, 0.1) is 5.69 Å². The summed E-state index contributed by atoms with van der Waals surface area (Å²) in [7, 11) is 0. The van der Waals surface area contributed by atoms with Crippen molar-refractivity contribution in [3.05, 3.63) is 24.2 Å². The van der Waals surface area contributed by atoms with Gasteiger partial charge in [-0.2, -0.15) is 4.98 Å². The second kappa shape index (κ2) is 4.00. The molecule has 0 bridgehead atoms. The van der Waals surface area contributed by atoms with Gasteiger partial charge in [0.1, 0.15) is 0 Å². The molecule has 5 heteroatoms. The van der Waals surface area contributed by atoms with Crippen molar-refractivity contribution in [3.8, 4) is 11.5 Å². The zero-order valence-corrected chi connectivity index (χ0v) is 9.86. The third-order valence-corrected chi connectivity index (χ3v) is 3.49. The minimum atomic E-state index is 0.0170. The summed E-state index contributed by atoms with van der Waals surface area (Å²) in [6, 6.07) is 3.87. The molecule has 0 unspecified atom stereocenters. The van der Waals surface area contributed by atoms with Gasteiger partial charge in [0.15, 0.2) is 0 Å². The molecule has 90 valence electrons. The third kappa shape index (κ3) is 1.86. The Balaban J connectivity index is 1.89. The van der Waals surface area contributed by atoms with Gasteiger partial charge in [0, 0.05) is 11.6 Å². The molecule has 0 aromatic carbocycles. The average Bonchev–Trinajstić information content (AvgIpc) is 3.01. The van der Waals surface area contributed by atoms with Crippen LogP contribution in [0.3, 0.4) is 0 Å². The Kier molecular flexibility index (Phi) is 2.48. The second-order valence-corrected chi connectivity index (χ2v) is 4.82. The summed E-state index contributed by atoms with van der Waals surface area (Å²) >= 11 is 0. The van der Waals surface area contributed by atoms with E-state index in [0.717, 1.165) is 37.5 Å². The van der Waals surface area contributed by atoms with Crippen LogP contribution in [-0.2, 0) is 5.41 Å². The summed E-state index contributed by atoms with van der Waals surface area (Å²) < 4.78 is 5.42. The van der Waals surface area contributed by atoms with Crippen LogP contribution in [0.5, 0.6) is 0 Å². The van der Waals surface area contributed by atoms with Crippen molar-refractivity contribution in [2.75, 3.05) is 13.1 Å². The van der Waals surface area contributed by atoms with Gasteiger partial charge in [-0.1, -0.05) is 12.1 Å². The van der Waals surface area contributed by atoms with E-state index in [4.69, 9.17) is 4.52 Å². The molecule has 3 rings (SSSR count). The predicted molar refractivity (Wildman–Crippen MR) is 63.5 cm³/mol. The summed E-state index contributed by atoms with van der Waals surface area (Å²) in [4.78, 5) is 7.60. The van der Waals surface area contributed by atoms with Crippen molar-refractivity contribution in [3.63, 3.8) is 0 Å². The van der Waals surface area contributed by atoms with E-state index in [1.54, 1.807) is 0 Å². The van der Waals surface area contributed by atoms with Crippen molar-refractivity contribution >= 4 is 0 Å². The fourth-order valence-electron chi connectivity index (χ4n) is 2.24. The quantitative estimate of drug-likeness (QED) is 0.827. The number of hydrogen-bond donors (Lipinski definition) is 2. The van der Waals surface area contributed by atoms with E-state index in [2.05, 4.69) is 27.4 Å². The van der Waals surface area contributed by atoms with Gasteiger partial charge in [-0.3, -0.25) is 0 Å². The Labute approximate surface area is 99.6 Å². The molecule has 5 nitrogen and oxygen atoms in total. The van der Waals surface area contributed by atoms with Crippen LogP contribution in [0.25, 0.3) is 11.5 Å². The molecule has 0 atom stereocenters. The largest absolute Gasteiger partial charge is 0.359 e. The first-order chi connectivity index (χ1) is 8.28. The van der Waals surface area contributed by atoms with Crippen LogP contribution in [0.15, 0.2) is 22.9 Å². The molecule has 0 aliphatic carbocycles. The smallest absolute Gasteiger partial charge is 0.233 e. The molecule has 0 radical (unpaired) electrons. The molecule has 1 aliphatic rings. The molecule has 0 amide bonds. The standard InChI is InChI=1S/C12H16N4O/c1-12(4-7-13-8-5-12)11-15-10(16-17-11)9-3-2-6-14-9/h2-3,6,13-14H,4-5,7-8H2,1H3. The molecular weight excluding hydrogens is 216 g/mol. The van der Waals surface area contributed by atoms with Crippen LogP contribution >= 0.6 is 0 Å². The first-order valence-electron chi connectivity index (χ1n) is 5.97. The molecule has 2 N–H and O–H groups in total. The van der Waals surface area contributed by atoms with Crippen LogP contribution in [0.1, 0.15) is 25.7 Å². The van der Waals surface area contributed by atoms with E-state index in [-0.39, 0.29) is 5.41 Å². The van der Waals surface area contributed by atoms with E-state index in [1.165, 1.54) is 0 Å². The van der Waals surface area contributed by atoms with E-state index in [1.807, 2.05) is 18.3 Å². The van der Waals surface area contributed by atoms with Crippen LogP contribution < -0.4 is 5.32 Å². The number of hydrogen-bond acceptors (Lipinski definition) is 4. The summed E-state index contributed by atoms with van der Waals surface area (Å²) in [5, 5.41) is 7.39. The maximum absolute atomic E-state index is 5.42. The molecule has 0 saturated carbocycles. The number of aromatic amines is 1. The Bertz CT molecular complexity index is 482. The summed E-state index contributed by atoms with van der Waals surface area (Å²) in [5.41, 5.74) is 0.917. The van der Waals surface area contributed by atoms with Crippen molar-refractivity contribution < 1.29 is 4.52 Å². The van der Waals surface area contributed by atoms with Gasteiger partial charge >= 0.3 is 0 Å². The van der Waals surface area contributed by atoms with Crippen LogP contribution in [0.4, 0.5) is 0 Å². The Hall–Kier alpha value is -1.62. The highest BCUT2D eigenvalue weighted by atomic mass is 16.5. The van der Waals surface area contributed by atoms with Crippen LogP contribution in [0, 0.1) is 0 Å². The van der Waals surface area contributed by atoms with Gasteiger partial charge in [-0.05, 0) is 38.1 Å². The topological polar surface area (TPSA) is 66.7 Å². The summed E-state index contributed by atoms with van der Waals surface area (Å²) in [6.07, 6.45) is 3.94. The lowest BCUT2D eigenvalue weighted by molar-refractivity contribution is 0.241. The summed E-state index contributed by atoms with van der Waals surface area (Å²) in [5.74, 6) is 1.40. The first-order valence-corrected chi connectivity index (χ1v) is 5.97. The number of nitrogens with zero attached hydrogens (tertiary/aromatic N) is 2. The highest BCUT2D eigenvalue weighted by molar-refractivity contribution is 5.48. The number of H-pyrrole nitrogens is 1. The number of rotatable bonds is 2. The lowest BCUT2D eigenvalue weighted by Gasteiger charge is -2.30. The van der Waals surface area contributed by atoms with E-state index in [0.29, 0.717) is 5.82 Å². The molecular formula is C12H16N4O. The number of aromatic nitrogens is 3. The van der Waals surface area contributed by atoms with Gasteiger partial charge in [0.2, 0.25) is 11.7 Å². The molecule has 1 aliphatic heterocycles. The Morgan fingerprint density at radius 3 is 2.88 bits per heavy atom. The van der Waals surface area contributed by atoms with Crippen molar-refractivity contribution in [2.45, 2.75) is 25.2 Å². The molecule has 1 fully saturated rings. The van der Waals surface area contributed by atoms with Crippen molar-refractivity contribution in [1.82, 2.24) is 20.4 Å². The van der Waals surface area contributed by atoms with Crippen LogP contribution in [-0.4, -0.2) is 28.2 Å². The molecule has 2 aromatic rings. The maximum atomic E-state index is 5.42. The molecule has 17 heavy (non-hydrogen) atoms. The van der Waals surface area contributed by atoms with E-state index in [9.17, 15) is 0 Å². The highest BCUT2D eigenvalue weighted by Gasteiger charge is 2.34. The number of nitrogens with one attached hydrogen (secondary N) is 2. The lowest BCUT2D eigenvalue weighted by Crippen LogP contribution is -2.37. The van der Waals surface area contributed by atoms with Crippen molar-refractivity contribution in [2.24, 2.45) is 0 Å². The lowest BCUT2D eigenvalue weighted by atomic mass is 9.81. The van der Waals surface area contributed by atoms with Gasteiger partial charge in [0.25, 0.3) is 0 Å². The maximum Gasteiger partial charge on any atom is 0.233 e. The molecule has 1 saturated heterocycles.